The fourth-order valence-electron chi connectivity index (χ4n) is 0.145. The zero-order valence-corrected chi connectivity index (χ0v) is 7.72. The third kappa shape index (κ3) is 18.1. The Labute approximate surface area is 74.8 Å². The second kappa shape index (κ2) is 6.34. The second-order valence-corrected chi connectivity index (χ2v) is 2.71. The topological polar surface area (TPSA) is 140 Å². The summed E-state index contributed by atoms with van der Waals surface area (Å²) in [5.41, 5.74) is 0.625. The van der Waals surface area contributed by atoms with Crippen molar-refractivity contribution in [3.05, 3.63) is 0 Å². The van der Waals surface area contributed by atoms with Crippen LogP contribution in [0.4, 0.5) is 0 Å². The van der Waals surface area contributed by atoms with E-state index in [4.69, 9.17) is 27.9 Å². The largest absolute Gasteiger partial charge is 0.411 e. The van der Waals surface area contributed by atoms with Gasteiger partial charge in [0.1, 0.15) is 11.4 Å². The smallest absolute Gasteiger partial charge is 0.394 e. The molecule has 0 aromatic heterocycles. The molecule has 4 N–H and O–H groups in total. The van der Waals surface area contributed by atoms with Crippen molar-refractivity contribution in [2.75, 3.05) is 0 Å². The van der Waals surface area contributed by atoms with Crippen LogP contribution in [0.5, 0.6) is 0 Å². The van der Waals surface area contributed by atoms with Crippen LogP contribution in [0.15, 0.2) is 10.3 Å². The predicted octanol–water partition coefficient (Wildman–Crippen LogP) is 0.0338. The van der Waals surface area contributed by atoms with Gasteiger partial charge in [0.2, 0.25) is 0 Å². The quantitative estimate of drug-likeness (QED) is 0.210. The first-order valence-corrected chi connectivity index (χ1v) is 4.19. The lowest BCUT2D eigenvalue weighted by Gasteiger charge is -1.88. The molecule has 13 heavy (non-hydrogen) atoms. The van der Waals surface area contributed by atoms with Gasteiger partial charge in [-0.25, -0.2) is 0 Å². The van der Waals surface area contributed by atoms with Crippen molar-refractivity contribution < 1.29 is 27.9 Å². The molecule has 0 rings (SSSR count). The van der Waals surface area contributed by atoms with Crippen molar-refractivity contribution in [2.24, 2.45) is 10.3 Å². The summed E-state index contributed by atoms with van der Waals surface area (Å²) in [4.78, 5) is 0. The van der Waals surface area contributed by atoms with Crippen LogP contribution >= 0.6 is 0 Å². The molecule has 0 unspecified atom stereocenters. The number of oxime groups is 2. The lowest BCUT2D eigenvalue weighted by molar-refractivity contribution is 0.313. The molecule has 8 nitrogen and oxygen atoms in total. The monoisotopic (exact) mass is 214 g/mol. The van der Waals surface area contributed by atoms with Crippen molar-refractivity contribution in [2.45, 2.75) is 13.8 Å². The molecular weight excluding hydrogens is 204 g/mol. The molecule has 0 bridgehead atoms. The van der Waals surface area contributed by atoms with Crippen LogP contribution in [0.3, 0.4) is 0 Å². The molecule has 9 heteroatoms. The third-order valence-electron chi connectivity index (χ3n) is 0.824. The van der Waals surface area contributed by atoms with E-state index >= 15 is 0 Å². The summed E-state index contributed by atoms with van der Waals surface area (Å²) < 4.78 is 31.6. The molecule has 0 aliphatic heterocycles. The lowest BCUT2D eigenvalue weighted by atomic mass is 10.3. The number of nitrogens with zero attached hydrogens (tertiary/aromatic N) is 2. The minimum Gasteiger partial charge on any atom is -0.411 e. The van der Waals surface area contributed by atoms with E-state index in [1.54, 1.807) is 0 Å². The highest BCUT2D eigenvalue weighted by molar-refractivity contribution is 7.79. The van der Waals surface area contributed by atoms with E-state index in [-0.39, 0.29) is 0 Å². The summed E-state index contributed by atoms with van der Waals surface area (Å²) in [5, 5.41) is 21.6. The van der Waals surface area contributed by atoms with E-state index in [0.29, 0.717) is 11.4 Å². The van der Waals surface area contributed by atoms with E-state index < -0.39 is 10.4 Å². The standard InChI is InChI=1S/C4H8N2O2.H2O4S/c1-3(5-7)4(2)6-8;1-5(2,3)4/h7-8H,1-2H3;(H2,1,2,3,4)/b5-3-,6-4+;. The van der Waals surface area contributed by atoms with Crippen LogP contribution in [0.1, 0.15) is 13.8 Å². The molecule has 0 heterocycles. The van der Waals surface area contributed by atoms with Crippen LogP contribution < -0.4 is 0 Å². The fraction of sp³-hybridized carbons (Fsp3) is 0.500. The highest BCUT2D eigenvalue weighted by atomic mass is 32.3. The second-order valence-electron chi connectivity index (χ2n) is 1.82. The summed E-state index contributed by atoms with van der Waals surface area (Å²) in [5.74, 6) is 0. The third-order valence-corrected chi connectivity index (χ3v) is 0.824. The van der Waals surface area contributed by atoms with Gasteiger partial charge in [-0.1, -0.05) is 10.3 Å². The van der Waals surface area contributed by atoms with Gasteiger partial charge < -0.3 is 10.4 Å². The highest BCUT2D eigenvalue weighted by Gasteiger charge is 1.93. The molecule has 78 valence electrons. The van der Waals surface area contributed by atoms with Gasteiger partial charge in [-0.05, 0) is 13.8 Å². The molecule has 0 aromatic rings. The normalized spacial score (nSPS) is 13.2. The maximum Gasteiger partial charge on any atom is 0.394 e. The summed E-state index contributed by atoms with van der Waals surface area (Å²) in [7, 11) is -4.67. The Balaban J connectivity index is 0. The zero-order valence-electron chi connectivity index (χ0n) is 6.91. The summed E-state index contributed by atoms with van der Waals surface area (Å²) in [6, 6.07) is 0. The van der Waals surface area contributed by atoms with E-state index in [0.717, 1.165) is 0 Å². The van der Waals surface area contributed by atoms with Crippen molar-refractivity contribution in [1.29, 1.82) is 0 Å². The lowest BCUT2D eigenvalue weighted by Crippen LogP contribution is -2.04. The Morgan fingerprint density at radius 3 is 1.23 bits per heavy atom. The van der Waals surface area contributed by atoms with Gasteiger partial charge in [0.15, 0.2) is 0 Å². The fourth-order valence-corrected chi connectivity index (χ4v) is 0.145. The Bertz CT molecular complexity index is 268. The van der Waals surface area contributed by atoms with Gasteiger partial charge in [-0.3, -0.25) is 9.11 Å². The van der Waals surface area contributed by atoms with Crippen LogP contribution in [0, 0.1) is 0 Å². The molecule has 0 aromatic carbocycles. The molecule has 0 aliphatic carbocycles. The molecule has 0 radical (unpaired) electrons. The Morgan fingerprint density at radius 1 is 1.00 bits per heavy atom. The van der Waals surface area contributed by atoms with Crippen LogP contribution in [-0.2, 0) is 10.4 Å². The molecule has 0 amide bonds. The van der Waals surface area contributed by atoms with Gasteiger partial charge in [0.25, 0.3) is 0 Å². The van der Waals surface area contributed by atoms with Gasteiger partial charge in [0.05, 0.1) is 0 Å². The van der Waals surface area contributed by atoms with Gasteiger partial charge in [-0.15, -0.1) is 0 Å². The van der Waals surface area contributed by atoms with Crippen molar-refractivity contribution >= 4 is 21.8 Å². The predicted molar refractivity (Wildman–Crippen MR) is 44.0 cm³/mol. The highest BCUT2D eigenvalue weighted by Crippen LogP contribution is 1.79. The Hall–Kier alpha value is -1.19. The molecule has 0 aliphatic rings. The summed E-state index contributed by atoms with van der Waals surface area (Å²) >= 11 is 0. The van der Waals surface area contributed by atoms with E-state index in [2.05, 4.69) is 10.3 Å². The number of hydrogen-bond donors (Lipinski definition) is 4. The van der Waals surface area contributed by atoms with Crippen LogP contribution in [-0.4, -0.2) is 39.4 Å². The molecule has 0 fully saturated rings. The minimum absolute atomic E-state index is 0.313. The number of hydrogen-bond acceptors (Lipinski definition) is 6. The van der Waals surface area contributed by atoms with Gasteiger partial charge >= 0.3 is 10.4 Å². The Morgan fingerprint density at radius 2 is 1.15 bits per heavy atom. The minimum atomic E-state index is -4.67. The van der Waals surface area contributed by atoms with E-state index in [9.17, 15) is 0 Å². The number of rotatable bonds is 1. The molecule has 0 saturated heterocycles. The molecule has 0 saturated carbocycles. The first-order valence-electron chi connectivity index (χ1n) is 2.80. The van der Waals surface area contributed by atoms with Crippen molar-refractivity contribution in [3.63, 3.8) is 0 Å². The van der Waals surface area contributed by atoms with Gasteiger partial charge in [-0.2, -0.15) is 8.42 Å². The molecular formula is C4H10N2O6S. The SMILES string of the molecule is CC(=N/O)/C(C)=N/O.O=S(=O)(O)O. The van der Waals surface area contributed by atoms with Gasteiger partial charge in [0, 0.05) is 0 Å². The van der Waals surface area contributed by atoms with E-state index in [1.165, 1.54) is 13.8 Å². The van der Waals surface area contributed by atoms with Crippen LogP contribution in [0.2, 0.25) is 0 Å². The maximum atomic E-state index is 8.74. The first-order chi connectivity index (χ1) is 5.72. The summed E-state index contributed by atoms with van der Waals surface area (Å²) in [6.45, 7) is 3.07. The molecule has 0 spiro atoms. The molecule has 0 atom stereocenters. The average molecular weight is 214 g/mol. The average Bonchev–Trinajstić information content (AvgIpc) is 1.98. The first kappa shape index (κ1) is 14.3. The van der Waals surface area contributed by atoms with Crippen molar-refractivity contribution in [3.8, 4) is 0 Å². The maximum absolute atomic E-state index is 8.74. The summed E-state index contributed by atoms with van der Waals surface area (Å²) in [6.07, 6.45) is 0. The van der Waals surface area contributed by atoms with Crippen molar-refractivity contribution in [1.82, 2.24) is 0 Å². The van der Waals surface area contributed by atoms with Crippen LogP contribution in [0.25, 0.3) is 0 Å². The Kier molecular flexibility index (Phi) is 6.99. The zero-order chi connectivity index (χ0) is 11.1. The van der Waals surface area contributed by atoms with E-state index in [1.807, 2.05) is 0 Å².